The molecule has 0 aliphatic carbocycles. The van der Waals surface area contributed by atoms with Gasteiger partial charge in [0.1, 0.15) is 5.75 Å². The van der Waals surface area contributed by atoms with Crippen molar-refractivity contribution in [2.45, 2.75) is 32.9 Å². The number of nitrogens with one attached hydrogen (secondary N) is 1. The van der Waals surface area contributed by atoms with Gasteiger partial charge in [0.25, 0.3) is 5.91 Å². The molecule has 1 amide bonds. The van der Waals surface area contributed by atoms with E-state index in [2.05, 4.69) is 29.6 Å². The summed E-state index contributed by atoms with van der Waals surface area (Å²) in [6.07, 6.45) is 0.0571. The van der Waals surface area contributed by atoms with Crippen molar-refractivity contribution in [2.75, 3.05) is 0 Å². The van der Waals surface area contributed by atoms with Gasteiger partial charge in [0.2, 0.25) is 0 Å². The van der Waals surface area contributed by atoms with Gasteiger partial charge in [0.15, 0.2) is 6.10 Å². The van der Waals surface area contributed by atoms with Crippen LogP contribution in [0.5, 0.6) is 5.75 Å². The van der Waals surface area contributed by atoms with Gasteiger partial charge in [-0.2, -0.15) is 0 Å². The Bertz CT molecular complexity index is 923. The van der Waals surface area contributed by atoms with Gasteiger partial charge in [-0.1, -0.05) is 54.9 Å². The van der Waals surface area contributed by atoms with Gasteiger partial charge in [-0.15, -0.1) is 0 Å². The molecule has 0 heterocycles. The highest BCUT2D eigenvalue weighted by atomic mass is 35.5. The van der Waals surface area contributed by atoms with Crippen LogP contribution in [0.3, 0.4) is 0 Å². The number of fused-ring (bicyclic) bond motifs is 1. The molecule has 0 aliphatic heterocycles. The van der Waals surface area contributed by atoms with Crippen molar-refractivity contribution < 1.29 is 9.53 Å². The minimum Gasteiger partial charge on any atom is -0.481 e. The second-order valence-corrected chi connectivity index (χ2v) is 6.73. The summed E-state index contributed by atoms with van der Waals surface area (Å²) in [6, 6.07) is 19.8. The quantitative estimate of drug-likeness (QED) is 0.644. The number of hydrogen-bond acceptors (Lipinski definition) is 2. The maximum Gasteiger partial charge on any atom is 0.261 e. The first kappa shape index (κ1) is 18.3. The normalized spacial score (nSPS) is 12.0. The number of amides is 1. The summed E-state index contributed by atoms with van der Waals surface area (Å²) in [5, 5.41) is 6.01. The lowest BCUT2D eigenvalue weighted by Crippen LogP contribution is -2.37. The first-order chi connectivity index (χ1) is 12.6. The summed E-state index contributed by atoms with van der Waals surface area (Å²) in [7, 11) is 0. The largest absolute Gasteiger partial charge is 0.481 e. The molecule has 0 bridgehead atoms. The highest BCUT2D eigenvalue weighted by molar-refractivity contribution is 6.31. The summed E-state index contributed by atoms with van der Waals surface area (Å²) in [5.41, 5.74) is 1.99. The zero-order chi connectivity index (χ0) is 18.5. The van der Waals surface area contributed by atoms with Crippen molar-refractivity contribution in [3.05, 3.63) is 76.8 Å². The second kappa shape index (κ2) is 8.24. The Morgan fingerprint density at radius 1 is 1.08 bits per heavy atom. The molecule has 0 spiro atoms. The lowest BCUT2D eigenvalue weighted by atomic mass is 10.1. The van der Waals surface area contributed by atoms with Crippen molar-refractivity contribution in [1.29, 1.82) is 0 Å². The number of aryl methyl sites for hydroxylation is 1. The first-order valence-corrected chi connectivity index (χ1v) is 9.13. The topological polar surface area (TPSA) is 38.3 Å². The third kappa shape index (κ3) is 4.36. The molecule has 0 aromatic heterocycles. The summed E-state index contributed by atoms with van der Waals surface area (Å²) < 4.78 is 5.85. The Morgan fingerprint density at radius 3 is 2.58 bits per heavy atom. The van der Waals surface area contributed by atoms with Gasteiger partial charge in [-0.3, -0.25) is 4.79 Å². The fourth-order valence-corrected chi connectivity index (χ4v) is 2.95. The molecule has 3 aromatic rings. The number of rotatable bonds is 6. The van der Waals surface area contributed by atoms with Crippen LogP contribution in [-0.2, 0) is 11.3 Å². The average molecular weight is 368 g/mol. The van der Waals surface area contributed by atoms with Crippen molar-refractivity contribution in [3.63, 3.8) is 0 Å². The second-order valence-electron chi connectivity index (χ2n) is 6.33. The summed E-state index contributed by atoms with van der Waals surface area (Å²) in [6.45, 7) is 4.32. The molecular formula is C22H22ClNO2. The van der Waals surface area contributed by atoms with Crippen molar-refractivity contribution >= 4 is 28.3 Å². The fraction of sp³-hybridized carbons (Fsp3) is 0.227. The molecule has 0 aliphatic rings. The highest BCUT2D eigenvalue weighted by Gasteiger charge is 2.18. The van der Waals surface area contributed by atoms with E-state index in [0.29, 0.717) is 23.7 Å². The van der Waals surface area contributed by atoms with Gasteiger partial charge in [-0.25, -0.2) is 0 Å². The van der Waals surface area contributed by atoms with Gasteiger partial charge >= 0.3 is 0 Å². The molecule has 0 radical (unpaired) electrons. The Balaban J connectivity index is 1.63. The van der Waals surface area contributed by atoms with Crippen LogP contribution < -0.4 is 10.1 Å². The predicted molar refractivity (Wildman–Crippen MR) is 107 cm³/mol. The minimum atomic E-state index is -0.531. The van der Waals surface area contributed by atoms with Gasteiger partial charge in [0, 0.05) is 11.6 Å². The van der Waals surface area contributed by atoms with Crippen molar-refractivity contribution in [2.24, 2.45) is 0 Å². The monoisotopic (exact) mass is 367 g/mol. The number of halogens is 1. The van der Waals surface area contributed by atoms with E-state index in [1.54, 1.807) is 12.1 Å². The Kier molecular flexibility index (Phi) is 5.79. The van der Waals surface area contributed by atoms with Crippen molar-refractivity contribution in [3.8, 4) is 5.75 Å². The molecule has 3 nitrogen and oxygen atoms in total. The van der Waals surface area contributed by atoms with Gasteiger partial charge < -0.3 is 10.1 Å². The van der Waals surface area contributed by atoms with Crippen LogP contribution in [0.2, 0.25) is 5.02 Å². The van der Waals surface area contributed by atoms with E-state index in [9.17, 15) is 4.79 Å². The van der Waals surface area contributed by atoms with Crippen LogP contribution in [0.25, 0.3) is 10.8 Å². The molecule has 134 valence electrons. The number of benzene rings is 3. The summed E-state index contributed by atoms with van der Waals surface area (Å²) >= 11 is 6.04. The highest BCUT2D eigenvalue weighted by Crippen LogP contribution is 2.22. The van der Waals surface area contributed by atoms with E-state index >= 15 is 0 Å². The van der Waals surface area contributed by atoms with Crippen LogP contribution >= 0.6 is 11.6 Å². The smallest absolute Gasteiger partial charge is 0.261 e. The molecule has 1 atom stereocenters. The lowest BCUT2D eigenvalue weighted by Gasteiger charge is -2.18. The van der Waals surface area contributed by atoms with Gasteiger partial charge in [0.05, 0.1) is 0 Å². The average Bonchev–Trinajstić information content (AvgIpc) is 2.66. The molecule has 0 unspecified atom stereocenters. The molecule has 0 saturated carbocycles. The lowest BCUT2D eigenvalue weighted by molar-refractivity contribution is -0.128. The molecule has 3 rings (SSSR count). The minimum absolute atomic E-state index is 0.117. The first-order valence-electron chi connectivity index (χ1n) is 8.75. The van der Waals surface area contributed by atoms with E-state index in [4.69, 9.17) is 16.3 Å². The van der Waals surface area contributed by atoms with E-state index in [1.807, 2.05) is 38.1 Å². The van der Waals surface area contributed by atoms with E-state index in [1.165, 1.54) is 10.8 Å². The predicted octanol–water partition coefficient (Wildman–Crippen LogP) is 5.28. The molecular weight excluding hydrogens is 346 g/mol. The van der Waals surface area contributed by atoms with E-state index < -0.39 is 6.10 Å². The zero-order valence-corrected chi connectivity index (χ0v) is 15.7. The van der Waals surface area contributed by atoms with E-state index in [0.717, 1.165) is 11.1 Å². The molecule has 0 fully saturated rings. The van der Waals surface area contributed by atoms with E-state index in [-0.39, 0.29) is 5.91 Å². The maximum atomic E-state index is 12.5. The molecule has 4 heteroatoms. The number of hydrogen-bond donors (Lipinski definition) is 1. The van der Waals surface area contributed by atoms with Crippen LogP contribution in [-0.4, -0.2) is 12.0 Å². The fourth-order valence-electron chi connectivity index (χ4n) is 2.83. The molecule has 0 saturated heterocycles. The zero-order valence-electron chi connectivity index (χ0n) is 15.0. The molecule has 3 aromatic carbocycles. The van der Waals surface area contributed by atoms with Gasteiger partial charge in [-0.05, 0) is 59.5 Å². The van der Waals surface area contributed by atoms with Crippen LogP contribution in [0.15, 0.2) is 60.7 Å². The maximum absolute atomic E-state index is 12.5. The summed E-state index contributed by atoms with van der Waals surface area (Å²) in [4.78, 5) is 12.5. The third-order valence-corrected chi connectivity index (χ3v) is 4.78. The Hall–Kier alpha value is -2.52. The van der Waals surface area contributed by atoms with Crippen molar-refractivity contribution in [1.82, 2.24) is 5.32 Å². The Morgan fingerprint density at radius 2 is 1.85 bits per heavy atom. The summed E-state index contributed by atoms with van der Waals surface area (Å²) in [5.74, 6) is 0.535. The third-order valence-electron chi connectivity index (χ3n) is 4.35. The number of ether oxygens (including phenoxy) is 1. The SMILES string of the molecule is CC[C@H](Oc1ccc(Cl)c(C)c1)C(=O)NCc1ccc2ccccc2c1. The molecule has 1 N–H and O–H groups in total. The van der Waals surface area contributed by atoms with Crippen LogP contribution in [0, 0.1) is 6.92 Å². The molecule has 26 heavy (non-hydrogen) atoms. The number of carbonyl (C=O) groups is 1. The van der Waals surface area contributed by atoms with Crippen LogP contribution in [0.1, 0.15) is 24.5 Å². The standard InChI is InChI=1S/C22H22ClNO2/c1-3-21(26-19-10-11-20(23)15(2)12-19)22(25)24-14-16-8-9-17-6-4-5-7-18(17)13-16/h4-13,21H,3,14H2,1-2H3,(H,24,25)/t21-/m0/s1. The Labute approximate surface area is 158 Å². The number of carbonyl (C=O) groups excluding carboxylic acids is 1. The van der Waals surface area contributed by atoms with Crippen LogP contribution in [0.4, 0.5) is 0 Å².